The van der Waals surface area contributed by atoms with Gasteiger partial charge in [-0.3, -0.25) is 15.2 Å². The van der Waals surface area contributed by atoms with E-state index in [1.165, 1.54) is 7.05 Å². The van der Waals surface area contributed by atoms with Gasteiger partial charge in [0.05, 0.1) is 5.69 Å². The Morgan fingerprint density at radius 2 is 1.81 bits per heavy atom. The molecule has 1 amide bonds. The highest BCUT2D eigenvalue weighted by Gasteiger charge is 2.09. The monoisotopic (exact) mass is 227 g/mol. The Hall–Kier alpha value is -1.87. The smallest absolute Gasteiger partial charge is 0.251 e. The third kappa shape index (κ3) is 2.58. The standard InChI is InChI=1S/C8H9N3O5/c1-9-8(12)5-2-6(10(13)14)4-7(3-5)11(15)16/h2-4,13-14H,1H3,(H,9,12)/q-2. The first-order valence-electron chi connectivity index (χ1n) is 4.15. The first-order valence-corrected chi connectivity index (χ1v) is 4.15. The Morgan fingerprint density at radius 1 is 1.25 bits per heavy atom. The molecule has 0 aliphatic heterocycles. The minimum atomic E-state index is -0.737. The highest BCUT2D eigenvalue weighted by Crippen LogP contribution is 2.23. The molecule has 0 saturated carbocycles. The topological polar surface area (TPSA) is 122 Å². The molecular weight excluding hydrogens is 218 g/mol. The lowest BCUT2D eigenvalue weighted by Crippen LogP contribution is -2.20. The fraction of sp³-hybridized carbons (Fsp3) is 0.125. The number of carbonyl (C=O) groups is 1. The maximum atomic E-state index is 11.2. The summed E-state index contributed by atoms with van der Waals surface area (Å²) >= 11 is 0. The SMILES string of the molecule is CNC(=O)c1cc(N([O-])[O-])cc(N(O)O)c1. The summed E-state index contributed by atoms with van der Waals surface area (Å²) < 4.78 is 0. The van der Waals surface area contributed by atoms with Crippen molar-refractivity contribution < 1.29 is 15.2 Å². The maximum Gasteiger partial charge on any atom is 0.251 e. The van der Waals surface area contributed by atoms with Gasteiger partial charge in [0.2, 0.25) is 0 Å². The van der Waals surface area contributed by atoms with Crippen molar-refractivity contribution in [2.75, 3.05) is 17.5 Å². The molecule has 0 aliphatic carbocycles. The Balaban J connectivity index is 3.24. The van der Waals surface area contributed by atoms with E-state index < -0.39 is 16.8 Å². The van der Waals surface area contributed by atoms with Crippen molar-refractivity contribution in [3.8, 4) is 0 Å². The van der Waals surface area contributed by atoms with Crippen LogP contribution in [0.15, 0.2) is 18.2 Å². The van der Waals surface area contributed by atoms with Crippen molar-refractivity contribution in [3.63, 3.8) is 0 Å². The summed E-state index contributed by atoms with van der Waals surface area (Å²) in [6, 6.07) is 3.06. The van der Waals surface area contributed by atoms with Crippen LogP contribution in [0.5, 0.6) is 0 Å². The first kappa shape index (κ1) is 12.2. The van der Waals surface area contributed by atoms with Crippen LogP contribution in [0.25, 0.3) is 0 Å². The van der Waals surface area contributed by atoms with Gasteiger partial charge in [-0.15, -0.1) is 5.23 Å². The average Bonchev–Trinajstić information content (AvgIpc) is 2.27. The molecule has 88 valence electrons. The highest BCUT2D eigenvalue weighted by atomic mass is 16.8. The minimum Gasteiger partial charge on any atom is -0.769 e. The van der Waals surface area contributed by atoms with Crippen molar-refractivity contribution >= 4 is 17.3 Å². The second kappa shape index (κ2) is 4.77. The number of rotatable bonds is 3. The number of carbonyl (C=O) groups excluding carboxylic acids is 1. The van der Waals surface area contributed by atoms with Gasteiger partial charge < -0.3 is 21.0 Å². The lowest BCUT2D eigenvalue weighted by Gasteiger charge is -2.38. The fourth-order valence-electron chi connectivity index (χ4n) is 1.09. The Bertz CT molecular complexity index is 367. The van der Waals surface area contributed by atoms with Crippen molar-refractivity contribution in [3.05, 3.63) is 34.2 Å². The van der Waals surface area contributed by atoms with E-state index in [1.807, 2.05) is 0 Å². The summed E-state index contributed by atoms with van der Waals surface area (Å²) in [5.74, 6) is -0.563. The lowest BCUT2D eigenvalue weighted by molar-refractivity contribution is 0.0291. The lowest BCUT2D eigenvalue weighted by atomic mass is 10.1. The van der Waals surface area contributed by atoms with Gasteiger partial charge in [0.25, 0.3) is 5.91 Å². The minimum absolute atomic E-state index is 0.0419. The maximum absolute atomic E-state index is 11.2. The molecule has 0 radical (unpaired) electrons. The van der Waals surface area contributed by atoms with Gasteiger partial charge in [0.1, 0.15) is 0 Å². The molecule has 0 spiro atoms. The molecule has 3 N–H and O–H groups in total. The van der Waals surface area contributed by atoms with E-state index >= 15 is 0 Å². The number of benzene rings is 1. The summed E-state index contributed by atoms with van der Waals surface area (Å²) in [6.07, 6.45) is 0. The van der Waals surface area contributed by atoms with Crippen LogP contribution in [0.4, 0.5) is 11.4 Å². The zero-order valence-electron chi connectivity index (χ0n) is 8.25. The van der Waals surface area contributed by atoms with E-state index in [9.17, 15) is 15.2 Å². The number of nitrogens with one attached hydrogen (secondary N) is 1. The molecule has 1 rings (SSSR count). The van der Waals surface area contributed by atoms with Crippen LogP contribution in [0, 0.1) is 10.4 Å². The molecule has 0 aliphatic rings. The van der Waals surface area contributed by atoms with Gasteiger partial charge in [-0.2, -0.15) is 0 Å². The van der Waals surface area contributed by atoms with E-state index in [2.05, 4.69) is 5.32 Å². The number of hydrogen-bond donors (Lipinski definition) is 3. The predicted octanol–water partition coefficient (Wildman–Crippen LogP) is 0.433. The zero-order chi connectivity index (χ0) is 12.3. The van der Waals surface area contributed by atoms with Gasteiger partial charge in [-0.05, 0) is 18.2 Å². The fourth-order valence-corrected chi connectivity index (χ4v) is 1.09. The molecule has 16 heavy (non-hydrogen) atoms. The van der Waals surface area contributed by atoms with Gasteiger partial charge in [0.15, 0.2) is 0 Å². The average molecular weight is 227 g/mol. The molecule has 0 aromatic heterocycles. The van der Waals surface area contributed by atoms with Gasteiger partial charge in [-0.25, -0.2) is 0 Å². The van der Waals surface area contributed by atoms with Crippen LogP contribution in [-0.4, -0.2) is 23.4 Å². The van der Waals surface area contributed by atoms with Crippen molar-refractivity contribution in [1.29, 1.82) is 0 Å². The second-order valence-corrected chi connectivity index (χ2v) is 2.86. The van der Waals surface area contributed by atoms with E-state index in [0.29, 0.717) is 0 Å². The molecule has 8 nitrogen and oxygen atoms in total. The zero-order valence-corrected chi connectivity index (χ0v) is 8.25. The largest absolute Gasteiger partial charge is 0.769 e. The molecule has 1 aromatic rings. The van der Waals surface area contributed by atoms with Gasteiger partial charge in [-0.1, -0.05) is 0 Å². The molecule has 0 bridgehead atoms. The Morgan fingerprint density at radius 3 is 2.25 bits per heavy atom. The van der Waals surface area contributed by atoms with E-state index in [4.69, 9.17) is 10.4 Å². The second-order valence-electron chi connectivity index (χ2n) is 2.86. The summed E-state index contributed by atoms with van der Waals surface area (Å²) in [5.41, 5.74) is -0.725. The van der Waals surface area contributed by atoms with E-state index in [1.54, 1.807) is 0 Å². The molecule has 0 saturated heterocycles. The van der Waals surface area contributed by atoms with E-state index in [-0.39, 0.29) is 16.5 Å². The van der Waals surface area contributed by atoms with Crippen LogP contribution in [0.2, 0.25) is 0 Å². The quantitative estimate of drug-likeness (QED) is 0.640. The number of amides is 1. The molecule has 0 unspecified atom stereocenters. The summed E-state index contributed by atoms with van der Waals surface area (Å²) in [6.45, 7) is 0. The van der Waals surface area contributed by atoms with Crippen molar-refractivity contribution in [2.45, 2.75) is 0 Å². The summed E-state index contributed by atoms with van der Waals surface area (Å²) in [4.78, 5) is 11.2. The van der Waals surface area contributed by atoms with Crippen LogP contribution in [0.1, 0.15) is 10.4 Å². The third-order valence-corrected chi connectivity index (χ3v) is 1.83. The highest BCUT2D eigenvalue weighted by molar-refractivity contribution is 5.96. The van der Waals surface area contributed by atoms with Crippen LogP contribution >= 0.6 is 0 Å². The number of nitrogens with zero attached hydrogens (tertiary/aromatic N) is 2. The number of anilines is 2. The van der Waals surface area contributed by atoms with Crippen LogP contribution in [0.3, 0.4) is 0 Å². The normalized spacial score (nSPS) is 9.81. The molecule has 0 heterocycles. The molecule has 8 heteroatoms. The summed E-state index contributed by atoms with van der Waals surface area (Å²) in [7, 11) is 1.36. The van der Waals surface area contributed by atoms with Crippen LogP contribution in [-0.2, 0) is 0 Å². The number of hydrogen-bond acceptors (Lipinski definition) is 7. The van der Waals surface area contributed by atoms with Crippen molar-refractivity contribution in [2.24, 2.45) is 0 Å². The predicted molar refractivity (Wildman–Crippen MR) is 55.1 cm³/mol. The first-order chi connectivity index (χ1) is 7.45. The third-order valence-electron chi connectivity index (χ3n) is 1.83. The van der Waals surface area contributed by atoms with Gasteiger partial charge in [0, 0.05) is 18.3 Å². The Kier molecular flexibility index (Phi) is 3.64. The molecular formula is C8H9N3O5-2. The Labute approximate surface area is 90.4 Å². The molecule has 0 fully saturated rings. The molecule has 1 aromatic carbocycles. The van der Waals surface area contributed by atoms with Gasteiger partial charge >= 0.3 is 0 Å². The van der Waals surface area contributed by atoms with Crippen LogP contribution < -0.4 is 15.8 Å². The van der Waals surface area contributed by atoms with Crippen molar-refractivity contribution in [1.82, 2.24) is 5.32 Å². The summed E-state index contributed by atoms with van der Waals surface area (Å²) in [5, 5.41) is 39.8. The molecule has 0 atom stereocenters. The van der Waals surface area contributed by atoms with E-state index in [0.717, 1.165) is 18.2 Å².